The summed E-state index contributed by atoms with van der Waals surface area (Å²) in [7, 11) is 0. The summed E-state index contributed by atoms with van der Waals surface area (Å²) in [4.78, 5) is 15.1. The lowest BCUT2D eigenvalue weighted by molar-refractivity contribution is -0.143. The first-order chi connectivity index (χ1) is 10.3. The Bertz CT molecular complexity index is 432. The van der Waals surface area contributed by atoms with Crippen LogP contribution in [0.4, 0.5) is 5.69 Å². The molecule has 1 rings (SSSR count). The molecule has 0 amide bonds. The first-order valence-corrected chi connectivity index (χ1v) is 7.07. The molecule has 0 radical (unpaired) electrons. The first-order valence-electron chi connectivity index (χ1n) is 7.07. The molecular weight excluding hydrogens is 272 g/mol. The monoisotopic (exact) mass is 294 g/mol. The van der Waals surface area contributed by atoms with Gasteiger partial charge in [0.2, 0.25) is 0 Å². The Morgan fingerprint density at radius 2 is 2.05 bits per heavy atom. The molecule has 0 aliphatic rings. The number of nitrogens with zero attached hydrogens (tertiary/aromatic N) is 1. The van der Waals surface area contributed by atoms with Gasteiger partial charge >= 0.3 is 5.97 Å². The zero-order valence-corrected chi connectivity index (χ0v) is 12.2. The van der Waals surface area contributed by atoms with Gasteiger partial charge in [-0.05, 0) is 50.5 Å². The molecule has 1 aromatic carbocycles. The van der Waals surface area contributed by atoms with E-state index < -0.39 is 0 Å². The highest BCUT2D eigenvalue weighted by Crippen LogP contribution is 2.18. The van der Waals surface area contributed by atoms with Gasteiger partial charge in [-0.1, -0.05) is 0 Å². The van der Waals surface area contributed by atoms with Gasteiger partial charge in [0.25, 0.3) is 0 Å². The molecule has 6 heteroatoms. The number of unbranched alkanes of at least 4 members (excludes halogenated alkanes) is 2. The summed E-state index contributed by atoms with van der Waals surface area (Å²) in [5.41, 5.74) is 2.57. The summed E-state index contributed by atoms with van der Waals surface area (Å²) in [6, 6.07) is 7.24. The predicted octanol–water partition coefficient (Wildman–Crippen LogP) is 2.83. The van der Waals surface area contributed by atoms with Crippen molar-refractivity contribution >= 4 is 18.0 Å². The molecular formula is C15H22N2O4. The summed E-state index contributed by atoms with van der Waals surface area (Å²) >= 11 is 0. The van der Waals surface area contributed by atoms with E-state index in [-0.39, 0.29) is 5.97 Å². The zero-order valence-electron chi connectivity index (χ0n) is 12.2. The van der Waals surface area contributed by atoms with E-state index in [1.54, 1.807) is 12.1 Å². The number of aliphatic imine (C=N–C) groups is 1. The second kappa shape index (κ2) is 10.7. The van der Waals surface area contributed by atoms with Crippen LogP contribution in [0.3, 0.4) is 0 Å². The third-order valence-electron chi connectivity index (χ3n) is 2.71. The SMILES string of the molecule is CCOC(=O)CCCCCOc1ccc(N=CNO)cc1. The third-order valence-corrected chi connectivity index (χ3v) is 2.71. The van der Waals surface area contributed by atoms with Gasteiger partial charge in [-0.25, -0.2) is 4.99 Å². The molecule has 2 N–H and O–H groups in total. The van der Waals surface area contributed by atoms with Crippen molar-refractivity contribution in [1.82, 2.24) is 5.48 Å². The van der Waals surface area contributed by atoms with Gasteiger partial charge in [0.05, 0.1) is 18.9 Å². The second-order valence-electron chi connectivity index (χ2n) is 4.35. The van der Waals surface area contributed by atoms with E-state index in [0.29, 0.717) is 19.6 Å². The Kier molecular flexibility index (Phi) is 8.63. The maximum Gasteiger partial charge on any atom is 0.305 e. The molecule has 21 heavy (non-hydrogen) atoms. The van der Waals surface area contributed by atoms with Crippen LogP contribution in [0.25, 0.3) is 0 Å². The molecule has 0 saturated carbocycles. The van der Waals surface area contributed by atoms with E-state index in [9.17, 15) is 4.79 Å². The minimum Gasteiger partial charge on any atom is -0.494 e. The molecule has 0 saturated heterocycles. The fourth-order valence-electron chi connectivity index (χ4n) is 1.70. The van der Waals surface area contributed by atoms with Crippen molar-refractivity contribution in [2.24, 2.45) is 4.99 Å². The number of hydroxylamine groups is 1. The van der Waals surface area contributed by atoms with Crippen LogP contribution in [0.5, 0.6) is 5.75 Å². The number of carbonyl (C=O) groups is 1. The number of rotatable bonds is 10. The smallest absolute Gasteiger partial charge is 0.305 e. The summed E-state index contributed by atoms with van der Waals surface area (Å²) in [6.45, 7) is 2.86. The highest BCUT2D eigenvalue weighted by Gasteiger charge is 2.01. The molecule has 0 aliphatic heterocycles. The quantitative estimate of drug-likeness (QED) is 0.228. The van der Waals surface area contributed by atoms with Gasteiger partial charge < -0.3 is 9.47 Å². The Morgan fingerprint density at radius 1 is 1.29 bits per heavy atom. The standard InChI is InChI=1S/C15H22N2O4/c1-2-20-15(18)6-4-3-5-11-21-14-9-7-13(8-10-14)16-12-17-19/h7-10,12,19H,2-6,11H2,1H3,(H,16,17). The molecule has 0 fully saturated rings. The lowest BCUT2D eigenvalue weighted by atomic mass is 10.2. The van der Waals surface area contributed by atoms with Crippen LogP contribution in [0.2, 0.25) is 0 Å². The average molecular weight is 294 g/mol. The van der Waals surface area contributed by atoms with Crippen LogP contribution in [0, 0.1) is 0 Å². The largest absolute Gasteiger partial charge is 0.494 e. The number of ether oxygens (including phenoxy) is 2. The maximum absolute atomic E-state index is 11.1. The molecule has 1 aromatic rings. The number of esters is 1. The highest BCUT2D eigenvalue weighted by molar-refractivity contribution is 5.69. The van der Waals surface area contributed by atoms with Gasteiger partial charge in [-0.15, -0.1) is 0 Å². The van der Waals surface area contributed by atoms with E-state index in [1.807, 2.05) is 24.5 Å². The molecule has 0 atom stereocenters. The first kappa shape index (κ1) is 17.0. The summed E-state index contributed by atoms with van der Waals surface area (Å²) < 4.78 is 10.4. The molecule has 0 aliphatic carbocycles. The molecule has 116 valence electrons. The lowest BCUT2D eigenvalue weighted by Crippen LogP contribution is -2.04. The number of nitrogens with one attached hydrogen (secondary N) is 1. The average Bonchev–Trinajstić information content (AvgIpc) is 2.50. The molecule has 0 spiro atoms. The van der Waals surface area contributed by atoms with Crippen molar-refractivity contribution in [2.75, 3.05) is 13.2 Å². The van der Waals surface area contributed by atoms with E-state index in [0.717, 1.165) is 30.7 Å². The Labute approximate surface area is 124 Å². The lowest BCUT2D eigenvalue weighted by Gasteiger charge is -2.06. The molecule has 0 heterocycles. The number of hydrogen-bond donors (Lipinski definition) is 2. The second-order valence-corrected chi connectivity index (χ2v) is 4.35. The summed E-state index contributed by atoms with van der Waals surface area (Å²) in [5, 5.41) is 8.38. The van der Waals surface area contributed by atoms with Crippen molar-refractivity contribution in [3.8, 4) is 5.75 Å². The minimum atomic E-state index is -0.132. The van der Waals surface area contributed by atoms with E-state index in [2.05, 4.69) is 4.99 Å². The van der Waals surface area contributed by atoms with Gasteiger partial charge in [0.15, 0.2) is 0 Å². The Hall–Kier alpha value is -2.08. The Balaban J connectivity index is 2.12. The van der Waals surface area contributed by atoms with Crippen molar-refractivity contribution in [3.63, 3.8) is 0 Å². The maximum atomic E-state index is 11.1. The molecule has 0 bridgehead atoms. The fourth-order valence-corrected chi connectivity index (χ4v) is 1.70. The van der Waals surface area contributed by atoms with Gasteiger partial charge in [-0.2, -0.15) is 0 Å². The number of carbonyl (C=O) groups excluding carboxylic acids is 1. The summed E-state index contributed by atoms with van der Waals surface area (Å²) in [5.74, 6) is 0.642. The highest BCUT2D eigenvalue weighted by atomic mass is 16.5. The van der Waals surface area contributed by atoms with E-state index >= 15 is 0 Å². The van der Waals surface area contributed by atoms with Crippen LogP contribution >= 0.6 is 0 Å². The zero-order chi connectivity index (χ0) is 15.3. The summed E-state index contributed by atoms with van der Waals surface area (Å²) in [6.07, 6.45) is 4.32. The normalized spacial score (nSPS) is 10.6. The van der Waals surface area contributed by atoms with Crippen molar-refractivity contribution in [1.29, 1.82) is 0 Å². The van der Waals surface area contributed by atoms with Crippen LogP contribution in [-0.2, 0) is 9.53 Å². The van der Waals surface area contributed by atoms with Crippen LogP contribution in [0.1, 0.15) is 32.6 Å². The van der Waals surface area contributed by atoms with Crippen molar-refractivity contribution in [2.45, 2.75) is 32.6 Å². The number of benzene rings is 1. The molecule has 0 aromatic heterocycles. The fraction of sp³-hybridized carbons (Fsp3) is 0.467. The minimum absolute atomic E-state index is 0.132. The van der Waals surface area contributed by atoms with Gasteiger partial charge in [-0.3, -0.25) is 15.5 Å². The van der Waals surface area contributed by atoms with E-state index in [1.165, 1.54) is 6.34 Å². The Morgan fingerprint density at radius 3 is 2.71 bits per heavy atom. The van der Waals surface area contributed by atoms with Gasteiger partial charge in [0.1, 0.15) is 12.1 Å². The molecule has 0 unspecified atom stereocenters. The van der Waals surface area contributed by atoms with E-state index in [4.69, 9.17) is 14.7 Å². The predicted molar refractivity (Wildman–Crippen MR) is 80.1 cm³/mol. The van der Waals surface area contributed by atoms with Crippen LogP contribution in [0.15, 0.2) is 29.3 Å². The third kappa shape index (κ3) is 7.94. The van der Waals surface area contributed by atoms with Crippen molar-refractivity contribution in [3.05, 3.63) is 24.3 Å². The van der Waals surface area contributed by atoms with Crippen LogP contribution < -0.4 is 10.2 Å². The topological polar surface area (TPSA) is 80.2 Å². The van der Waals surface area contributed by atoms with Crippen molar-refractivity contribution < 1.29 is 19.5 Å². The molecule has 6 nitrogen and oxygen atoms in total. The van der Waals surface area contributed by atoms with Gasteiger partial charge in [0, 0.05) is 6.42 Å². The number of hydrogen-bond acceptors (Lipinski definition) is 5. The van der Waals surface area contributed by atoms with Crippen LogP contribution in [-0.4, -0.2) is 30.7 Å².